The minimum absolute atomic E-state index is 0.147. The molecular weight excluding hydrogens is 250 g/mol. The second-order valence-electron chi connectivity index (χ2n) is 5.82. The number of rotatable bonds is 4. The fraction of sp³-hybridized carbons (Fsp3) is 0.588. The first-order chi connectivity index (χ1) is 9.60. The molecule has 1 aromatic rings. The highest BCUT2D eigenvalue weighted by molar-refractivity contribution is 5.79. The average molecular weight is 275 g/mol. The van der Waals surface area contributed by atoms with E-state index in [4.69, 9.17) is 4.74 Å². The zero-order valence-corrected chi connectivity index (χ0v) is 12.8. The number of amides is 1. The van der Waals surface area contributed by atoms with Crippen molar-refractivity contribution in [1.82, 2.24) is 5.32 Å². The number of aryl methyl sites for hydroxylation is 2. The monoisotopic (exact) mass is 275 g/mol. The van der Waals surface area contributed by atoms with E-state index in [2.05, 4.69) is 5.32 Å². The van der Waals surface area contributed by atoms with Gasteiger partial charge in [0.1, 0.15) is 5.75 Å². The van der Waals surface area contributed by atoms with Gasteiger partial charge in [-0.1, -0.05) is 19.3 Å². The summed E-state index contributed by atoms with van der Waals surface area (Å²) in [6, 6.07) is 4.38. The van der Waals surface area contributed by atoms with Crippen LogP contribution in [0, 0.1) is 13.8 Å². The summed E-state index contributed by atoms with van der Waals surface area (Å²) in [6.45, 7) is 4.08. The fourth-order valence-corrected chi connectivity index (χ4v) is 3.04. The first-order valence-electron chi connectivity index (χ1n) is 7.53. The molecule has 1 aliphatic carbocycles. The van der Waals surface area contributed by atoms with Crippen molar-refractivity contribution < 1.29 is 9.53 Å². The van der Waals surface area contributed by atoms with Crippen LogP contribution in [0.2, 0.25) is 0 Å². The maximum Gasteiger partial charge on any atom is 0.224 e. The van der Waals surface area contributed by atoms with Crippen LogP contribution in [0.4, 0.5) is 0 Å². The minimum Gasteiger partial charge on any atom is -0.497 e. The average Bonchev–Trinajstić information content (AvgIpc) is 2.43. The summed E-state index contributed by atoms with van der Waals surface area (Å²) in [7, 11) is 1.67. The maximum absolute atomic E-state index is 12.2. The van der Waals surface area contributed by atoms with Crippen LogP contribution in [0.5, 0.6) is 5.75 Å². The van der Waals surface area contributed by atoms with E-state index in [0.29, 0.717) is 12.5 Å². The third-order valence-electron chi connectivity index (χ3n) is 4.21. The lowest BCUT2D eigenvalue weighted by molar-refractivity contribution is -0.121. The number of carbonyl (C=O) groups excluding carboxylic acids is 1. The molecule has 1 fully saturated rings. The molecule has 0 aromatic heterocycles. The van der Waals surface area contributed by atoms with E-state index in [0.717, 1.165) is 35.3 Å². The minimum atomic E-state index is 0.147. The van der Waals surface area contributed by atoms with E-state index in [-0.39, 0.29) is 5.91 Å². The molecule has 0 aliphatic heterocycles. The van der Waals surface area contributed by atoms with Gasteiger partial charge in [-0.3, -0.25) is 4.79 Å². The van der Waals surface area contributed by atoms with Crippen molar-refractivity contribution in [2.75, 3.05) is 7.11 Å². The van der Waals surface area contributed by atoms with Crippen molar-refractivity contribution in [2.24, 2.45) is 0 Å². The Morgan fingerprint density at radius 2 is 1.80 bits per heavy atom. The number of hydrogen-bond donors (Lipinski definition) is 1. The maximum atomic E-state index is 12.2. The van der Waals surface area contributed by atoms with Crippen LogP contribution in [-0.2, 0) is 11.2 Å². The number of ether oxygens (including phenoxy) is 1. The van der Waals surface area contributed by atoms with Crippen molar-refractivity contribution >= 4 is 5.91 Å². The van der Waals surface area contributed by atoms with Crippen LogP contribution in [0.25, 0.3) is 0 Å². The van der Waals surface area contributed by atoms with Gasteiger partial charge in [-0.15, -0.1) is 0 Å². The fourth-order valence-electron chi connectivity index (χ4n) is 3.04. The molecule has 3 heteroatoms. The largest absolute Gasteiger partial charge is 0.497 e. The van der Waals surface area contributed by atoms with Crippen LogP contribution >= 0.6 is 0 Å². The van der Waals surface area contributed by atoms with Gasteiger partial charge >= 0.3 is 0 Å². The smallest absolute Gasteiger partial charge is 0.224 e. The van der Waals surface area contributed by atoms with Gasteiger partial charge in [0.05, 0.1) is 13.5 Å². The zero-order chi connectivity index (χ0) is 14.5. The molecule has 0 unspecified atom stereocenters. The Morgan fingerprint density at radius 1 is 1.20 bits per heavy atom. The molecule has 0 saturated heterocycles. The molecule has 1 saturated carbocycles. The van der Waals surface area contributed by atoms with Gasteiger partial charge in [0.15, 0.2) is 0 Å². The lowest BCUT2D eigenvalue weighted by Crippen LogP contribution is -2.37. The molecule has 20 heavy (non-hydrogen) atoms. The SMILES string of the molecule is COc1cc(C)c(CC(=O)NC2CCCCC2)c(C)c1. The molecule has 1 aromatic carbocycles. The second-order valence-corrected chi connectivity index (χ2v) is 5.82. The zero-order valence-electron chi connectivity index (χ0n) is 12.8. The molecule has 0 bridgehead atoms. The quantitative estimate of drug-likeness (QED) is 0.915. The molecular formula is C17H25NO2. The molecule has 1 N–H and O–H groups in total. The van der Waals surface area contributed by atoms with Crippen LogP contribution in [0.15, 0.2) is 12.1 Å². The number of benzene rings is 1. The number of nitrogens with one attached hydrogen (secondary N) is 1. The summed E-state index contributed by atoms with van der Waals surface area (Å²) in [5.74, 6) is 1.00. The molecule has 0 atom stereocenters. The van der Waals surface area contributed by atoms with Crippen LogP contribution in [0.3, 0.4) is 0 Å². The Balaban J connectivity index is 2.00. The Hall–Kier alpha value is -1.51. The van der Waals surface area contributed by atoms with Crippen molar-refractivity contribution in [2.45, 2.75) is 58.4 Å². The Morgan fingerprint density at radius 3 is 2.35 bits per heavy atom. The van der Waals surface area contributed by atoms with E-state index in [1.165, 1.54) is 19.3 Å². The highest BCUT2D eigenvalue weighted by Gasteiger charge is 2.17. The van der Waals surface area contributed by atoms with Gasteiger partial charge < -0.3 is 10.1 Å². The first-order valence-corrected chi connectivity index (χ1v) is 7.53. The van der Waals surface area contributed by atoms with Crippen molar-refractivity contribution in [1.29, 1.82) is 0 Å². The second kappa shape index (κ2) is 6.78. The van der Waals surface area contributed by atoms with E-state index < -0.39 is 0 Å². The highest BCUT2D eigenvalue weighted by atomic mass is 16.5. The first kappa shape index (κ1) is 14.9. The molecule has 2 rings (SSSR count). The van der Waals surface area contributed by atoms with E-state index >= 15 is 0 Å². The predicted octanol–water partition coefficient (Wildman–Crippen LogP) is 3.30. The van der Waals surface area contributed by atoms with Crippen molar-refractivity contribution in [3.05, 3.63) is 28.8 Å². The summed E-state index contributed by atoms with van der Waals surface area (Å²) >= 11 is 0. The third kappa shape index (κ3) is 3.75. The van der Waals surface area contributed by atoms with Gasteiger partial charge in [0, 0.05) is 6.04 Å². The number of methoxy groups -OCH3 is 1. The molecule has 1 aliphatic rings. The van der Waals surface area contributed by atoms with Crippen LogP contribution in [-0.4, -0.2) is 19.1 Å². The van der Waals surface area contributed by atoms with Gasteiger partial charge in [-0.25, -0.2) is 0 Å². The summed E-state index contributed by atoms with van der Waals surface area (Å²) < 4.78 is 5.26. The summed E-state index contributed by atoms with van der Waals surface area (Å²) in [5, 5.41) is 3.18. The number of carbonyl (C=O) groups is 1. The molecule has 1 amide bonds. The lowest BCUT2D eigenvalue weighted by Gasteiger charge is -2.23. The molecule has 0 heterocycles. The van der Waals surface area contributed by atoms with E-state index in [9.17, 15) is 4.79 Å². The lowest BCUT2D eigenvalue weighted by atomic mass is 9.94. The molecule has 0 spiro atoms. The molecule has 3 nitrogen and oxygen atoms in total. The normalized spacial score (nSPS) is 15.9. The Bertz CT molecular complexity index is 453. The molecule has 110 valence electrons. The topological polar surface area (TPSA) is 38.3 Å². The van der Waals surface area contributed by atoms with Gasteiger partial charge in [-0.05, 0) is 55.5 Å². The van der Waals surface area contributed by atoms with Crippen molar-refractivity contribution in [3.63, 3.8) is 0 Å². The highest BCUT2D eigenvalue weighted by Crippen LogP contribution is 2.22. The summed E-state index contributed by atoms with van der Waals surface area (Å²) in [6.07, 6.45) is 6.52. The summed E-state index contributed by atoms with van der Waals surface area (Å²) in [4.78, 5) is 12.2. The van der Waals surface area contributed by atoms with Crippen LogP contribution in [0.1, 0.15) is 48.8 Å². The van der Waals surface area contributed by atoms with E-state index in [1.54, 1.807) is 7.11 Å². The predicted molar refractivity (Wildman–Crippen MR) is 81.2 cm³/mol. The third-order valence-corrected chi connectivity index (χ3v) is 4.21. The van der Waals surface area contributed by atoms with Gasteiger partial charge in [-0.2, -0.15) is 0 Å². The van der Waals surface area contributed by atoms with Crippen molar-refractivity contribution in [3.8, 4) is 5.75 Å². The summed E-state index contributed by atoms with van der Waals surface area (Å²) in [5.41, 5.74) is 3.38. The standard InChI is InChI=1S/C17H25NO2/c1-12-9-15(20-3)10-13(2)16(12)11-17(19)18-14-7-5-4-6-8-14/h9-10,14H,4-8,11H2,1-3H3,(H,18,19). The van der Waals surface area contributed by atoms with Gasteiger partial charge in [0.2, 0.25) is 5.91 Å². The Kier molecular flexibility index (Phi) is 5.05. The Labute approximate surface area is 121 Å². The van der Waals surface area contributed by atoms with Crippen LogP contribution < -0.4 is 10.1 Å². The molecule has 0 radical (unpaired) electrons. The number of hydrogen-bond acceptors (Lipinski definition) is 2. The van der Waals surface area contributed by atoms with Gasteiger partial charge in [0.25, 0.3) is 0 Å². The van der Waals surface area contributed by atoms with E-state index in [1.807, 2.05) is 26.0 Å².